The van der Waals surface area contributed by atoms with Crippen molar-refractivity contribution in [2.45, 2.75) is 58.5 Å². The van der Waals surface area contributed by atoms with Crippen LogP contribution in [0.5, 0.6) is 5.75 Å². The van der Waals surface area contributed by atoms with E-state index in [1.807, 2.05) is 24.3 Å². The summed E-state index contributed by atoms with van der Waals surface area (Å²) in [7, 11) is 1.62. The Morgan fingerprint density at radius 2 is 1.96 bits per heavy atom. The second-order valence-electron chi connectivity index (χ2n) is 6.82. The van der Waals surface area contributed by atoms with Crippen molar-refractivity contribution in [3.8, 4) is 5.75 Å². The fourth-order valence-corrected chi connectivity index (χ4v) is 3.22. The van der Waals surface area contributed by atoms with Gasteiger partial charge in [-0.15, -0.1) is 0 Å². The number of carbonyl (C=O) groups excluding carboxylic acids is 2. The summed E-state index contributed by atoms with van der Waals surface area (Å²) in [6, 6.07) is 7.03. The Bertz CT molecular complexity index is 637. The van der Waals surface area contributed by atoms with E-state index in [9.17, 15) is 9.59 Å². The largest absolute Gasteiger partial charge is 0.497 e. The molecule has 2 rings (SSSR count). The van der Waals surface area contributed by atoms with Gasteiger partial charge in [0.15, 0.2) is 0 Å². The van der Waals surface area contributed by atoms with Crippen molar-refractivity contribution < 1.29 is 14.3 Å². The molecule has 0 aromatic heterocycles. The van der Waals surface area contributed by atoms with Crippen LogP contribution in [0.15, 0.2) is 35.9 Å². The zero-order chi connectivity index (χ0) is 18.9. The highest BCUT2D eigenvalue weighted by atomic mass is 16.5. The molecule has 0 fully saturated rings. The predicted octanol–water partition coefficient (Wildman–Crippen LogP) is 3.44. The summed E-state index contributed by atoms with van der Waals surface area (Å²) in [4.78, 5) is 26.1. The van der Waals surface area contributed by atoms with Crippen LogP contribution < -0.4 is 10.1 Å². The van der Waals surface area contributed by atoms with Gasteiger partial charge in [-0.25, -0.2) is 0 Å². The number of hydrogen-bond acceptors (Lipinski definition) is 3. The van der Waals surface area contributed by atoms with Gasteiger partial charge in [-0.1, -0.05) is 23.8 Å². The first kappa shape index (κ1) is 20.0. The van der Waals surface area contributed by atoms with Gasteiger partial charge in [0.25, 0.3) is 0 Å². The number of nitrogens with one attached hydrogen (secondary N) is 1. The van der Waals surface area contributed by atoms with Crippen LogP contribution in [0.2, 0.25) is 0 Å². The van der Waals surface area contributed by atoms with Crippen molar-refractivity contribution >= 4 is 11.8 Å². The Morgan fingerprint density at radius 1 is 1.23 bits per heavy atom. The SMILES string of the molecule is COc1ccc(CN(C(C)=O)[C@@H](C)C(=O)NCCC2=CCCCC2)cc1. The van der Waals surface area contributed by atoms with E-state index in [1.54, 1.807) is 18.9 Å². The third-order valence-corrected chi connectivity index (χ3v) is 4.89. The van der Waals surface area contributed by atoms with Gasteiger partial charge in [0, 0.05) is 20.0 Å². The van der Waals surface area contributed by atoms with E-state index in [4.69, 9.17) is 4.74 Å². The van der Waals surface area contributed by atoms with E-state index in [-0.39, 0.29) is 11.8 Å². The summed E-state index contributed by atoms with van der Waals surface area (Å²) in [5.41, 5.74) is 2.40. The van der Waals surface area contributed by atoms with Crippen LogP contribution in [0.25, 0.3) is 0 Å². The van der Waals surface area contributed by atoms with Crippen molar-refractivity contribution in [1.82, 2.24) is 10.2 Å². The molecule has 0 bridgehead atoms. The average molecular weight is 358 g/mol. The molecule has 5 heteroatoms. The van der Waals surface area contributed by atoms with E-state index in [0.29, 0.717) is 13.1 Å². The molecule has 1 aliphatic rings. The maximum Gasteiger partial charge on any atom is 0.242 e. The highest BCUT2D eigenvalue weighted by Gasteiger charge is 2.23. The second-order valence-corrected chi connectivity index (χ2v) is 6.82. The summed E-state index contributed by atoms with van der Waals surface area (Å²) in [5, 5.41) is 2.98. The highest BCUT2D eigenvalue weighted by Crippen LogP contribution is 2.19. The van der Waals surface area contributed by atoms with E-state index in [2.05, 4.69) is 11.4 Å². The molecule has 5 nitrogen and oxygen atoms in total. The fraction of sp³-hybridized carbons (Fsp3) is 0.524. The molecule has 0 saturated heterocycles. The number of ether oxygens (including phenoxy) is 1. The predicted molar refractivity (Wildman–Crippen MR) is 103 cm³/mol. The van der Waals surface area contributed by atoms with E-state index in [1.165, 1.54) is 25.3 Å². The number of allylic oxidation sites excluding steroid dienone is 1. The molecular weight excluding hydrogens is 328 g/mol. The Kier molecular flexibility index (Phi) is 7.70. The van der Waals surface area contributed by atoms with Crippen LogP contribution in [0.1, 0.15) is 51.5 Å². The number of carbonyl (C=O) groups is 2. The van der Waals surface area contributed by atoms with Crippen LogP contribution >= 0.6 is 0 Å². The first-order valence-corrected chi connectivity index (χ1v) is 9.37. The van der Waals surface area contributed by atoms with Crippen LogP contribution in [-0.4, -0.2) is 36.4 Å². The molecule has 26 heavy (non-hydrogen) atoms. The molecule has 1 aromatic rings. The molecular formula is C21H30N2O3. The monoisotopic (exact) mass is 358 g/mol. The second kappa shape index (κ2) is 10.00. The van der Waals surface area contributed by atoms with Crippen molar-refractivity contribution in [2.24, 2.45) is 0 Å². The van der Waals surface area contributed by atoms with Crippen LogP contribution in [-0.2, 0) is 16.1 Å². The van der Waals surface area contributed by atoms with E-state index in [0.717, 1.165) is 30.6 Å². The number of rotatable bonds is 8. The van der Waals surface area contributed by atoms with Crippen molar-refractivity contribution in [2.75, 3.05) is 13.7 Å². The molecule has 0 unspecified atom stereocenters. The average Bonchev–Trinajstić information content (AvgIpc) is 2.66. The van der Waals surface area contributed by atoms with E-state index >= 15 is 0 Å². The molecule has 1 N–H and O–H groups in total. The van der Waals surface area contributed by atoms with Gasteiger partial charge in [0.2, 0.25) is 11.8 Å². The maximum atomic E-state index is 12.5. The lowest BCUT2D eigenvalue weighted by molar-refractivity contribution is -0.138. The molecule has 0 aliphatic heterocycles. The minimum Gasteiger partial charge on any atom is -0.497 e. The molecule has 142 valence electrons. The molecule has 1 aromatic carbocycles. The van der Waals surface area contributed by atoms with Crippen molar-refractivity contribution in [3.05, 3.63) is 41.5 Å². The summed E-state index contributed by atoms with van der Waals surface area (Å²) in [6.45, 7) is 4.31. The number of nitrogens with zero attached hydrogens (tertiary/aromatic N) is 1. The Hall–Kier alpha value is -2.30. The van der Waals surface area contributed by atoms with E-state index < -0.39 is 6.04 Å². The zero-order valence-corrected chi connectivity index (χ0v) is 16.1. The van der Waals surface area contributed by atoms with Crippen LogP contribution in [0.4, 0.5) is 0 Å². The zero-order valence-electron chi connectivity index (χ0n) is 16.1. The number of hydrogen-bond donors (Lipinski definition) is 1. The topological polar surface area (TPSA) is 58.6 Å². The fourth-order valence-electron chi connectivity index (χ4n) is 3.22. The third-order valence-electron chi connectivity index (χ3n) is 4.89. The third kappa shape index (κ3) is 5.90. The number of methoxy groups -OCH3 is 1. The molecule has 2 amide bonds. The summed E-state index contributed by atoms with van der Waals surface area (Å²) in [6.07, 6.45) is 8.01. The highest BCUT2D eigenvalue weighted by molar-refractivity contribution is 5.86. The maximum absolute atomic E-state index is 12.5. The Labute approximate surface area is 156 Å². The quantitative estimate of drug-likeness (QED) is 0.724. The van der Waals surface area contributed by atoms with Gasteiger partial charge in [0.05, 0.1) is 7.11 Å². The normalized spacial score (nSPS) is 15.0. The lowest BCUT2D eigenvalue weighted by Gasteiger charge is -2.27. The van der Waals surface area contributed by atoms with Crippen LogP contribution in [0, 0.1) is 0 Å². The first-order chi connectivity index (χ1) is 12.5. The van der Waals surface area contributed by atoms with Crippen molar-refractivity contribution in [1.29, 1.82) is 0 Å². The van der Waals surface area contributed by atoms with Gasteiger partial charge in [-0.3, -0.25) is 9.59 Å². The standard InChI is InChI=1S/C21H30N2O3/c1-16(21(25)22-14-13-18-7-5-4-6-8-18)23(17(2)24)15-19-9-11-20(26-3)12-10-19/h7,9-12,16H,4-6,8,13-15H2,1-3H3,(H,22,25)/t16-/m0/s1. The summed E-state index contributed by atoms with van der Waals surface area (Å²) in [5.74, 6) is 0.550. The molecule has 1 atom stereocenters. The summed E-state index contributed by atoms with van der Waals surface area (Å²) < 4.78 is 5.15. The minimum atomic E-state index is -0.505. The Balaban J connectivity index is 1.89. The molecule has 0 saturated carbocycles. The van der Waals surface area contributed by atoms with Crippen LogP contribution in [0.3, 0.4) is 0 Å². The number of amides is 2. The van der Waals surface area contributed by atoms with Gasteiger partial charge < -0.3 is 15.0 Å². The first-order valence-electron chi connectivity index (χ1n) is 9.37. The Morgan fingerprint density at radius 3 is 2.54 bits per heavy atom. The summed E-state index contributed by atoms with van der Waals surface area (Å²) >= 11 is 0. The lowest BCUT2D eigenvalue weighted by Crippen LogP contribution is -2.47. The van der Waals surface area contributed by atoms with Crippen molar-refractivity contribution in [3.63, 3.8) is 0 Å². The van der Waals surface area contributed by atoms with Gasteiger partial charge in [-0.05, 0) is 56.7 Å². The molecule has 0 heterocycles. The molecule has 0 radical (unpaired) electrons. The van der Waals surface area contributed by atoms with Gasteiger partial charge in [-0.2, -0.15) is 0 Å². The lowest BCUT2D eigenvalue weighted by atomic mass is 9.97. The molecule has 1 aliphatic carbocycles. The minimum absolute atomic E-state index is 0.106. The molecule has 0 spiro atoms. The smallest absolute Gasteiger partial charge is 0.242 e. The number of benzene rings is 1. The van der Waals surface area contributed by atoms with Gasteiger partial charge >= 0.3 is 0 Å². The van der Waals surface area contributed by atoms with Gasteiger partial charge in [0.1, 0.15) is 11.8 Å².